The minimum atomic E-state index is -3.11. The monoisotopic (exact) mass is 309 g/mol. The zero-order chi connectivity index (χ0) is 14.4. The molecule has 0 aliphatic rings. The highest BCUT2D eigenvalue weighted by Gasteiger charge is 2.12. The van der Waals surface area contributed by atoms with Crippen LogP contribution in [-0.4, -0.2) is 20.7 Å². The van der Waals surface area contributed by atoms with Crippen LogP contribution >= 0.6 is 11.3 Å². The maximum atomic E-state index is 11.9. The largest absolute Gasteiger partial charge is 0.385 e. The molecule has 3 nitrogen and oxygen atoms in total. The fraction of sp³-hybridized carbons (Fsp3) is 0.333. The highest BCUT2D eigenvalue weighted by molar-refractivity contribution is 7.91. The van der Waals surface area contributed by atoms with Gasteiger partial charge < -0.3 is 5.32 Å². The summed E-state index contributed by atoms with van der Waals surface area (Å²) >= 11 is 1.75. The molecule has 2 rings (SSSR count). The molecule has 0 unspecified atom stereocenters. The first-order valence-electron chi connectivity index (χ1n) is 6.71. The Hall–Kier alpha value is -1.33. The van der Waals surface area contributed by atoms with E-state index in [4.69, 9.17) is 0 Å². The van der Waals surface area contributed by atoms with E-state index in [1.807, 2.05) is 25.1 Å². The van der Waals surface area contributed by atoms with Crippen LogP contribution in [-0.2, 0) is 16.3 Å². The second kappa shape index (κ2) is 6.90. The SMILES string of the molecule is CCCS(=O)(=O)c1ccc(NCCc2cccs2)cc1. The Bertz CT molecular complexity index is 616. The van der Waals surface area contributed by atoms with Gasteiger partial charge in [0.2, 0.25) is 0 Å². The van der Waals surface area contributed by atoms with Crippen LogP contribution in [0, 0.1) is 0 Å². The average Bonchev–Trinajstić information content (AvgIpc) is 2.92. The summed E-state index contributed by atoms with van der Waals surface area (Å²) in [5, 5.41) is 5.38. The Labute approximate surface area is 124 Å². The van der Waals surface area contributed by atoms with E-state index >= 15 is 0 Å². The Balaban J connectivity index is 1.91. The summed E-state index contributed by atoms with van der Waals surface area (Å²) in [6.45, 7) is 2.72. The lowest BCUT2D eigenvalue weighted by Crippen LogP contribution is -2.07. The van der Waals surface area contributed by atoms with Gasteiger partial charge in [0.25, 0.3) is 0 Å². The molecule has 1 aromatic carbocycles. The number of hydrogen-bond acceptors (Lipinski definition) is 4. The third-order valence-corrected chi connectivity index (χ3v) is 5.84. The summed E-state index contributed by atoms with van der Waals surface area (Å²) in [6, 6.07) is 11.2. The van der Waals surface area contributed by atoms with Crippen LogP contribution in [0.2, 0.25) is 0 Å². The van der Waals surface area contributed by atoms with Crippen molar-refractivity contribution in [2.24, 2.45) is 0 Å². The molecule has 0 bridgehead atoms. The van der Waals surface area contributed by atoms with Gasteiger partial charge in [0.15, 0.2) is 9.84 Å². The maximum absolute atomic E-state index is 11.9. The van der Waals surface area contributed by atoms with Crippen LogP contribution in [0.5, 0.6) is 0 Å². The molecule has 0 atom stereocenters. The van der Waals surface area contributed by atoms with Gasteiger partial charge >= 0.3 is 0 Å². The number of hydrogen-bond donors (Lipinski definition) is 1. The van der Waals surface area contributed by atoms with Crippen molar-refractivity contribution >= 4 is 26.9 Å². The summed E-state index contributed by atoms with van der Waals surface area (Å²) < 4.78 is 23.8. The Morgan fingerprint density at radius 3 is 2.50 bits per heavy atom. The molecule has 1 heterocycles. The van der Waals surface area contributed by atoms with Gasteiger partial charge in [0.05, 0.1) is 10.6 Å². The molecule has 0 aliphatic carbocycles. The maximum Gasteiger partial charge on any atom is 0.178 e. The van der Waals surface area contributed by atoms with E-state index in [2.05, 4.69) is 16.8 Å². The molecule has 1 N–H and O–H groups in total. The molecule has 0 fully saturated rings. The van der Waals surface area contributed by atoms with Gasteiger partial charge in [-0.25, -0.2) is 8.42 Å². The van der Waals surface area contributed by atoms with Crippen molar-refractivity contribution < 1.29 is 8.42 Å². The smallest absolute Gasteiger partial charge is 0.178 e. The van der Waals surface area contributed by atoms with Crippen LogP contribution < -0.4 is 5.32 Å². The van der Waals surface area contributed by atoms with Crippen LogP contribution in [0.1, 0.15) is 18.2 Å². The van der Waals surface area contributed by atoms with Gasteiger partial charge in [0.1, 0.15) is 0 Å². The van der Waals surface area contributed by atoms with Crippen LogP contribution in [0.15, 0.2) is 46.7 Å². The van der Waals surface area contributed by atoms with Crippen molar-refractivity contribution in [1.29, 1.82) is 0 Å². The predicted molar refractivity (Wildman–Crippen MR) is 85.3 cm³/mol. The fourth-order valence-corrected chi connectivity index (χ4v) is 3.98. The molecule has 0 radical (unpaired) electrons. The zero-order valence-electron chi connectivity index (χ0n) is 11.5. The second-order valence-electron chi connectivity index (χ2n) is 4.60. The summed E-state index contributed by atoms with van der Waals surface area (Å²) in [4.78, 5) is 1.75. The minimum Gasteiger partial charge on any atom is -0.385 e. The summed E-state index contributed by atoms with van der Waals surface area (Å²) in [5.74, 6) is 0.207. The first-order valence-corrected chi connectivity index (χ1v) is 9.24. The van der Waals surface area contributed by atoms with E-state index in [0.717, 1.165) is 18.7 Å². The normalized spacial score (nSPS) is 11.4. The fourth-order valence-electron chi connectivity index (χ4n) is 1.95. The van der Waals surface area contributed by atoms with Crippen molar-refractivity contribution in [3.63, 3.8) is 0 Å². The standard InChI is InChI=1S/C15H19NO2S2/c1-2-12-20(17,18)15-7-5-13(6-8-15)16-10-9-14-4-3-11-19-14/h3-8,11,16H,2,9-10,12H2,1H3. The third-order valence-electron chi connectivity index (χ3n) is 2.97. The van der Waals surface area contributed by atoms with E-state index < -0.39 is 9.84 Å². The summed E-state index contributed by atoms with van der Waals surface area (Å²) in [6.07, 6.45) is 1.62. The van der Waals surface area contributed by atoms with Crippen LogP contribution in [0.3, 0.4) is 0 Å². The van der Waals surface area contributed by atoms with E-state index in [0.29, 0.717) is 11.3 Å². The van der Waals surface area contributed by atoms with E-state index in [1.54, 1.807) is 23.5 Å². The number of thiophene rings is 1. The molecule has 1 aromatic heterocycles. The molecule has 0 spiro atoms. The molecule has 108 valence electrons. The number of anilines is 1. The molecule has 0 aliphatic heterocycles. The third kappa shape index (κ3) is 4.08. The van der Waals surface area contributed by atoms with Crippen molar-refractivity contribution in [1.82, 2.24) is 0 Å². The van der Waals surface area contributed by atoms with E-state index in [-0.39, 0.29) is 5.75 Å². The summed E-state index contributed by atoms with van der Waals surface area (Å²) in [7, 11) is -3.11. The van der Waals surface area contributed by atoms with Crippen LogP contribution in [0.4, 0.5) is 5.69 Å². The quantitative estimate of drug-likeness (QED) is 0.850. The van der Waals surface area contributed by atoms with Crippen molar-refractivity contribution in [2.75, 3.05) is 17.6 Å². The average molecular weight is 309 g/mol. The van der Waals surface area contributed by atoms with Gasteiger partial charge in [-0.2, -0.15) is 0 Å². The molecule has 0 saturated carbocycles. The Kier molecular flexibility index (Phi) is 5.20. The lowest BCUT2D eigenvalue weighted by Gasteiger charge is -2.07. The minimum absolute atomic E-state index is 0.207. The van der Waals surface area contributed by atoms with Gasteiger partial charge in [0, 0.05) is 17.1 Å². The molecule has 0 amide bonds. The van der Waals surface area contributed by atoms with Gasteiger partial charge in [-0.05, 0) is 48.6 Å². The molecule has 20 heavy (non-hydrogen) atoms. The number of benzene rings is 1. The molecule has 0 saturated heterocycles. The number of sulfone groups is 1. The Morgan fingerprint density at radius 2 is 1.90 bits per heavy atom. The first kappa shape index (κ1) is 15.1. The predicted octanol–water partition coefficient (Wildman–Crippen LogP) is 3.59. The second-order valence-corrected chi connectivity index (χ2v) is 7.74. The zero-order valence-corrected chi connectivity index (χ0v) is 13.1. The highest BCUT2D eigenvalue weighted by atomic mass is 32.2. The number of nitrogens with one attached hydrogen (secondary N) is 1. The highest BCUT2D eigenvalue weighted by Crippen LogP contribution is 2.16. The van der Waals surface area contributed by atoms with E-state index in [1.165, 1.54) is 4.88 Å². The first-order chi connectivity index (χ1) is 9.62. The molecular formula is C15H19NO2S2. The van der Waals surface area contributed by atoms with Gasteiger partial charge in [-0.15, -0.1) is 11.3 Å². The van der Waals surface area contributed by atoms with Gasteiger partial charge in [-0.1, -0.05) is 13.0 Å². The lowest BCUT2D eigenvalue weighted by atomic mass is 10.3. The van der Waals surface area contributed by atoms with Gasteiger partial charge in [-0.3, -0.25) is 0 Å². The van der Waals surface area contributed by atoms with Crippen LogP contribution in [0.25, 0.3) is 0 Å². The van der Waals surface area contributed by atoms with Crippen molar-refractivity contribution in [3.05, 3.63) is 46.7 Å². The van der Waals surface area contributed by atoms with Crippen molar-refractivity contribution in [3.8, 4) is 0 Å². The number of rotatable bonds is 7. The molecular weight excluding hydrogens is 290 g/mol. The molecule has 2 aromatic rings. The Morgan fingerprint density at radius 1 is 1.15 bits per heavy atom. The molecule has 5 heteroatoms. The van der Waals surface area contributed by atoms with E-state index in [9.17, 15) is 8.42 Å². The summed E-state index contributed by atoms with van der Waals surface area (Å²) in [5.41, 5.74) is 0.956. The lowest BCUT2D eigenvalue weighted by molar-refractivity contribution is 0.595. The topological polar surface area (TPSA) is 46.2 Å². The van der Waals surface area contributed by atoms with Crippen molar-refractivity contribution in [2.45, 2.75) is 24.7 Å².